The molecular weight excluding hydrogens is 464 g/mol. The van der Waals surface area contributed by atoms with Gasteiger partial charge in [-0.25, -0.2) is 14.4 Å². The van der Waals surface area contributed by atoms with Crippen molar-refractivity contribution in [2.24, 2.45) is 5.10 Å². The number of aromatic amines is 1. The molecule has 1 aliphatic rings. The van der Waals surface area contributed by atoms with Crippen molar-refractivity contribution < 1.29 is 19.4 Å². The van der Waals surface area contributed by atoms with Gasteiger partial charge in [-0.1, -0.05) is 17.7 Å². The summed E-state index contributed by atoms with van der Waals surface area (Å²) in [6.07, 6.45) is 0.116. The Morgan fingerprint density at radius 1 is 1.12 bits per heavy atom. The van der Waals surface area contributed by atoms with Gasteiger partial charge in [0.25, 0.3) is 5.56 Å². The third-order valence-electron chi connectivity index (χ3n) is 5.48. The summed E-state index contributed by atoms with van der Waals surface area (Å²) in [7, 11) is 3.01. The molecule has 34 heavy (non-hydrogen) atoms. The number of hydrazone groups is 1. The predicted molar refractivity (Wildman–Crippen MR) is 125 cm³/mol. The number of nitrogens with one attached hydrogen (secondary N) is 1. The average Bonchev–Trinajstić information content (AvgIpc) is 3.24. The highest BCUT2D eigenvalue weighted by Gasteiger charge is 2.35. The number of nitrogens with zero attached hydrogens (tertiary/aromatic N) is 3. The van der Waals surface area contributed by atoms with E-state index < -0.39 is 23.2 Å². The van der Waals surface area contributed by atoms with Crippen molar-refractivity contribution in [1.29, 1.82) is 0 Å². The van der Waals surface area contributed by atoms with Crippen LogP contribution in [0.2, 0.25) is 5.02 Å². The van der Waals surface area contributed by atoms with Crippen LogP contribution < -0.4 is 20.7 Å². The SMILES string of the molecule is COc1ccc(C2CC(c3c(O)n(-c4ccc(Cl)cc4)c(=O)[nH]c3=O)=NN2C(C)=O)cc1OC. The molecule has 1 atom stereocenters. The Morgan fingerprint density at radius 2 is 1.79 bits per heavy atom. The Balaban J connectivity index is 1.81. The number of halogens is 1. The van der Waals surface area contributed by atoms with Gasteiger partial charge >= 0.3 is 5.69 Å². The number of carbonyl (C=O) groups is 1. The number of aromatic hydroxyl groups is 1. The molecule has 1 aromatic heterocycles. The van der Waals surface area contributed by atoms with Gasteiger partial charge in [0.05, 0.1) is 31.7 Å². The molecule has 0 aliphatic carbocycles. The van der Waals surface area contributed by atoms with Gasteiger partial charge in [0, 0.05) is 18.4 Å². The highest BCUT2D eigenvalue weighted by atomic mass is 35.5. The fraction of sp³-hybridized carbons (Fsp3) is 0.217. The van der Waals surface area contributed by atoms with E-state index in [-0.39, 0.29) is 23.6 Å². The Hall–Kier alpha value is -4.05. The summed E-state index contributed by atoms with van der Waals surface area (Å²) in [5.74, 6) is 0.0286. The first-order valence-electron chi connectivity index (χ1n) is 10.2. The first kappa shape index (κ1) is 23.1. The van der Waals surface area contributed by atoms with E-state index in [0.717, 1.165) is 4.57 Å². The number of rotatable bonds is 5. The molecular formula is C23H21ClN4O6. The first-order valence-corrected chi connectivity index (χ1v) is 10.6. The molecule has 0 radical (unpaired) electrons. The number of hydrogen-bond acceptors (Lipinski definition) is 7. The molecule has 11 heteroatoms. The molecule has 10 nitrogen and oxygen atoms in total. The van der Waals surface area contributed by atoms with Crippen molar-refractivity contribution in [3.63, 3.8) is 0 Å². The minimum absolute atomic E-state index is 0.116. The maximum atomic E-state index is 12.7. The lowest BCUT2D eigenvalue weighted by atomic mass is 9.98. The van der Waals surface area contributed by atoms with Crippen LogP contribution in [0.5, 0.6) is 17.4 Å². The van der Waals surface area contributed by atoms with Gasteiger partial charge < -0.3 is 14.6 Å². The number of hydrogen-bond donors (Lipinski definition) is 2. The lowest BCUT2D eigenvalue weighted by molar-refractivity contribution is -0.130. The van der Waals surface area contributed by atoms with Crippen molar-refractivity contribution in [3.05, 3.63) is 79.5 Å². The summed E-state index contributed by atoms with van der Waals surface area (Å²) in [6.45, 7) is 1.35. The Kier molecular flexibility index (Phi) is 6.16. The maximum Gasteiger partial charge on any atom is 0.335 e. The molecule has 0 fully saturated rings. The Labute approximate surface area is 198 Å². The third kappa shape index (κ3) is 4.03. The second-order valence-electron chi connectivity index (χ2n) is 7.51. The minimum Gasteiger partial charge on any atom is -0.493 e. The molecule has 2 N–H and O–H groups in total. The molecule has 1 amide bonds. The van der Waals surface area contributed by atoms with Crippen molar-refractivity contribution in [3.8, 4) is 23.1 Å². The van der Waals surface area contributed by atoms with E-state index in [1.54, 1.807) is 30.3 Å². The van der Waals surface area contributed by atoms with Crippen molar-refractivity contribution >= 4 is 23.2 Å². The van der Waals surface area contributed by atoms with E-state index in [2.05, 4.69) is 10.1 Å². The molecule has 176 valence electrons. The van der Waals surface area contributed by atoms with Crippen LogP contribution in [-0.2, 0) is 4.79 Å². The summed E-state index contributed by atoms with van der Waals surface area (Å²) in [6, 6.07) is 10.8. The summed E-state index contributed by atoms with van der Waals surface area (Å²) in [5.41, 5.74) is -0.716. The van der Waals surface area contributed by atoms with Crippen LogP contribution in [0.3, 0.4) is 0 Å². The van der Waals surface area contributed by atoms with Gasteiger partial charge in [0.15, 0.2) is 11.5 Å². The van der Waals surface area contributed by atoms with E-state index in [1.165, 1.54) is 38.3 Å². The summed E-state index contributed by atoms with van der Waals surface area (Å²) in [5, 5.41) is 17.0. The summed E-state index contributed by atoms with van der Waals surface area (Å²) < 4.78 is 11.6. The highest BCUT2D eigenvalue weighted by Crippen LogP contribution is 2.37. The quantitative estimate of drug-likeness (QED) is 0.573. The van der Waals surface area contributed by atoms with Gasteiger partial charge in [-0.3, -0.25) is 14.6 Å². The first-order chi connectivity index (χ1) is 16.2. The van der Waals surface area contributed by atoms with Gasteiger partial charge in [-0.05, 0) is 42.0 Å². The molecule has 2 aromatic carbocycles. The average molecular weight is 485 g/mol. The molecule has 4 rings (SSSR count). The number of H-pyrrole nitrogens is 1. The molecule has 1 aliphatic heterocycles. The molecule has 1 unspecified atom stereocenters. The number of amides is 1. The van der Waals surface area contributed by atoms with Crippen LogP contribution >= 0.6 is 11.6 Å². The van der Waals surface area contributed by atoms with Crippen LogP contribution in [0.1, 0.15) is 30.5 Å². The van der Waals surface area contributed by atoms with Crippen LogP contribution in [0, 0.1) is 0 Å². The standard InChI is InChI=1S/C23H21ClN4O6/c1-12(29)28-17(13-4-9-18(33-2)19(10-13)34-3)11-16(26-28)20-21(30)25-23(32)27(22(20)31)15-7-5-14(24)6-8-15/h4-10,17,31H,11H2,1-3H3,(H,25,30,32). The van der Waals surface area contributed by atoms with Crippen LogP contribution in [-0.4, -0.2) is 45.5 Å². The number of carbonyl (C=O) groups excluding carboxylic acids is 1. The fourth-order valence-corrected chi connectivity index (χ4v) is 4.01. The number of benzene rings is 2. The van der Waals surface area contributed by atoms with Gasteiger partial charge in [-0.2, -0.15) is 5.10 Å². The predicted octanol–water partition coefficient (Wildman–Crippen LogP) is 2.60. The Bertz CT molecular complexity index is 1410. The number of aromatic nitrogens is 2. The van der Waals surface area contributed by atoms with Crippen molar-refractivity contribution in [2.75, 3.05) is 14.2 Å². The van der Waals surface area contributed by atoms with Gasteiger partial charge in [0.2, 0.25) is 11.8 Å². The Morgan fingerprint density at radius 3 is 2.41 bits per heavy atom. The van der Waals surface area contributed by atoms with E-state index >= 15 is 0 Å². The normalized spacial score (nSPS) is 15.2. The van der Waals surface area contributed by atoms with E-state index in [4.69, 9.17) is 21.1 Å². The summed E-state index contributed by atoms with van der Waals surface area (Å²) in [4.78, 5) is 39.8. The van der Waals surface area contributed by atoms with Gasteiger partial charge in [-0.15, -0.1) is 0 Å². The topological polar surface area (TPSA) is 126 Å². The lowest BCUT2D eigenvalue weighted by Gasteiger charge is -2.21. The fourth-order valence-electron chi connectivity index (χ4n) is 3.89. The molecule has 2 heterocycles. The summed E-state index contributed by atoms with van der Waals surface area (Å²) >= 11 is 5.92. The second kappa shape index (κ2) is 9.06. The van der Waals surface area contributed by atoms with Crippen LogP contribution in [0.15, 0.2) is 57.2 Å². The monoisotopic (exact) mass is 484 g/mol. The van der Waals surface area contributed by atoms with Crippen LogP contribution in [0.4, 0.5) is 0 Å². The smallest absolute Gasteiger partial charge is 0.335 e. The van der Waals surface area contributed by atoms with E-state index in [1.807, 2.05) is 0 Å². The number of ether oxygens (including phenoxy) is 2. The lowest BCUT2D eigenvalue weighted by Crippen LogP contribution is -2.33. The zero-order chi connectivity index (χ0) is 24.6. The van der Waals surface area contributed by atoms with Crippen molar-refractivity contribution in [1.82, 2.24) is 14.6 Å². The number of methoxy groups -OCH3 is 2. The zero-order valence-corrected chi connectivity index (χ0v) is 19.3. The highest BCUT2D eigenvalue weighted by molar-refractivity contribution is 6.30. The van der Waals surface area contributed by atoms with Gasteiger partial charge in [0.1, 0.15) is 5.56 Å². The zero-order valence-electron chi connectivity index (χ0n) is 18.5. The molecule has 0 spiro atoms. The van der Waals surface area contributed by atoms with Crippen LogP contribution in [0.25, 0.3) is 5.69 Å². The molecule has 0 saturated carbocycles. The minimum atomic E-state index is -0.827. The molecule has 0 bridgehead atoms. The largest absolute Gasteiger partial charge is 0.493 e. The van der Waals surface area contributed by atoms with Crippen molar-refractivity contribution in [2.45, 2.75) is 19.4 Å². The maximum absolute atomic E-state index is 12.7. The third-order valence-corrected chi connectivity index (χ3v) is 5.74. The van der Waals surface area contributed by atoms with E-state index in [9.17, 15) is 19.5 Å². The van der Waals surface area contributed by atoms with E-state index in [0.29, 0.717) is 27.8 Å². The molecule has 3 aromatic rings. The second-order valence-corrected chi connectivity index (χ2v) is 7.95. The molecule has 0 saturated heterocycles.